The maximum atomic E-state index is 12.7. The second-order valence-electron chi connectivity index (χ2n) is 3.59. The van der Waals surface area contributed by atoms with Crippen LogP contribution in [0.25, 0.3) is 0 Å². The molecule has 0 unspecified atom stereocenters. The van der Waals surface area contributed by atoms with E-state index in [9.17, 15) is 9.50 Å². The van der Waals surface area contributed by atoms with Crippen LogP contribution in [0, 0.1) is 17.7 Å². The van der Waals surface area contributed by atoms with Crippen LogP contribution in [0.2, 0.25) is 0 Å². The molecule has 2 aromatic carbocycles. The fraction of sp³-hybridized carbons (Fsp3) is 0.0667. The Hall–Kier alpha value is -2.11. The van der Waals surface area contributed by atoms with Crippen LogP contribution in [0.3, 0.4) is 0 Å². The highest BCUT2D eigenvalue weighted by Crippen LogP contribution is 2.12. The minimum Gasteiger partial charge on any atom is -0.376 e. The van der Waals surface area contributed by atoms with E-state index in [0.717, 1.165) is 5.56 Å². The molecule has 0 spiro atoms. The summed E-state index contributed by atoms with van der Waals surface area (Å²) in [6, 6.07) is 15.1. The number of rotatable bonds is 1. The van der Waals surface area contributed by atoms with E-state index < -0.39 is 6.10 Å². The molecule has 2 rings (SSSR count). The fourth-order valence-electron chi connectivity index (χ4n) is 1.40. The van der Waals surface area contributed by atoms with Crippen molar-refractivity contribution in [1.82, 2.24) is 0 Å². The molecule has 2 heteroatoms. The third-order valence-corrected chi connectivity index (χ3v) is 2.31. The van der Waals surface area contributed by atoms with Gasteiger partial charge in [-0.15, -0.1) is 0 Å². The lowest BCUT2D eigenvalue weighted by Gasteiger charge is -2.02. The van der Waals surface area contributed by atoms with Crippen LogP contribution in [-0.4, -0.2) is 5.11 Å². The summed E-state index contributed by atoms with van der Waals surface area (Å²) in [5, 5.41) is 9.78. The molecule has 0 saturated heterocycles. The first-order chi connectivity index (χ1) is 8.25. The lowest BCUT2D eigenvalue weighted by Crippen LogP contribution is -1.93. The van der Waals surface area contributed by atoms with Gasteiger partial charge < -0.3 is 5.11 Å². The predicted octanol–water partition coefficient (Wildman–Crippen LogP) is 2.91. The van der Waals surface area contributed by atoms with Gasteiger partial charge in [-0.3, -0.25) is 0 Å². The summed E-state index contributed by atoms with van der Waals surface area (Å²) in [5.74, 6) is 5.26. The van der Waals surface area contributed by atoms with Crippen molar-refractivity contribution in [2.75, 3.05) is 0 Å². The number of aliphatic hydroxyl groups is 1. The van der Waals surface area contributed by atoms with E-state index >= 15 is 0 Å². The van der Waals surface area contributed by atoms with Gasteiger partial charge in [0, 0.05) is 5.56 Å². The van der Waals surface area contributed by atoms with Crippen molar-refractivity contribution in [3.05, 3.63) is 71.5 Å². The topological polar surface area (TPSA) is 20.2 Å². The standard InChI is InChI=1S/C15H11FO/c16-14-9-7-13(8-10-14)15(17)11-6-12-4-2-1-3-5-12/h1-5,7-10,15,17H/t15-/m1/s1. The molecule has 0 aliphatic carbocycles. The molecule has 0 saturated carbocycles. The van der Waals surface area contributed by atoms with E-state index in [-0.39, 0.29) is 5.82 Å². The van der Waals surface area contributed by atoms with E-state index in [1.54, 1.807) is 0 Å². The van der Waals surface area contributed by atoms with E-state index in [1.165, 1.54) is 24.3 Å². The summed E-state index contributed by atoms with van der Waals surface area (Å²) in [5.41, 5.74) is 1.43. The van der Waals surface area contributed by atoms with E-state index in [0.29, 0.717) is 5.56 Å². The number of hydrogen-bond acceptors (Lipinski definition) is 1. The Bertz CT molecular complexity index is 535. The number of hydrogen-bond donors (Lipinski definition) is 1. The molecule has 0 fully saturated rings. The normalized spacial score (nSPS) is 11.4. The van der Waals surface area contributed by atoms with Crippen molar-refractivity contribution < 1.29 is 9.50 Å². The zero-order chi connectivity index (χ0) is 12.1. The largest absolute Gasteiger partial charge is 0.376 e. The molecule has 0 aliphatic heterocycles. The van der Waals surface area contributed by atoms with E-state index in [2.05, 4.69) is 11.8 Å². The highest BCUT2D eigenvalue weighted by atomic mass is 19.1. The molecule has 1 nitrogen and oxygen atoms in total. The van der Waals surface area contributed by atoms with Crippen LogP contribution >= 0.6 is 0 Å². The minimum absolute atomic E-state index is 0.322. The Kier molecular flexibility index (Phi) is 3.54. The molecular weight excluding hydrogens is 215 g/mol. The molecule has 0 aliphatic rings. The van der Waals surface area contributed by atoms with Crippen molar-refractivity contribution >= 4 is 0 Å². The first-order valence-corrected chi connectivity index (χ1v) is 5.26. The Morgan fingerprint density at radius 2 is 1.59 bits per heavy atom. The monoisotopic (exact) mass is 226 g/mol. The molecule has 0 heterocycles. The second-order valence-corrected chi connectivity index (χ2v) is 3.59. The second kappa shape index (κ2) is 5.29. The van der Waals surface area contributed by atoms with Crippen LogP contribution in [0.4, 0.5) is 4.39 Å². The average molecular weight is 226 g/mol. The summed E-state index contributed by atoms with van der Waals surface area (Å²) in [6.07, 6.45) is -0.893. The fourth-order valence-corrected chi connectivity index (χ4v) is 1.40. The SMILES string of the molecule is O[C@H](C#Cc1ccccc1)c1ccc(F)cc1. The van der Waals surface area contributed by atoms with Crippen LogP contribution in [0.5, 0.6) is 0 Å². The van der Waals surface area contributed by atoms with Crippen molar-refractivity contribution in [1.29, 1.82) is 0 Å². The maximum absolute atomic E-state index is 12.7. The molecular formula is C15H11FO. The summed E-state index contributed by atoms with van der Waals surface area (Å²) in [6.45, 7) is 0. The molecule has 0 radical (unpaired) electrons. The minimum atomic E-state index is -0.893. The van der Waals surface area contributed by atoms with Gasteiger partial charge in [0.2, 0.25) is 0 Å². The molecule has 2 aromatic rings. The Balaban J connectivity index is 2.15. The van der Waals surface area contributed by atoms with E-state index in [1.807, 2.05) is 30.3 Å². The molecule has 17 heavy (non-hydrogen) atoms. The maximum Gasteiger partial charge on any atom is 0.140 e. The van der Waals surface area contributed by atoms with Crippen LogP contribution in [0.1, 0.15) is 17.2 Å². The molecule has 1 N–H and O–H groups in total. The van der Waals surface area contributed by atoms with E-state index in [4.69, 9.17) is 0 Å². The summed E-state index contributed by atoms with van der Waals surface area (Å²) >= 11 is 0. The third-order valence-electron chi connectivity index (χ3n) is 2.31. The molecule has 1 atom stereocenters. The van der Waals surface area contributed by atoms with Crippen molar-refractivity contribution in [2.45, 2.75) is 6.10 Å². The first-order valence-electron chi connectivity index (χ1n) is 5.26. The van der Waals surface area contributed by atoms with Crippen LogP contribution in [-0.2, 0) is 0 Å². The number of aliphatic hydroxyl groups excluding tert-OH is 1. The van der Waals surface area contributed by atoms with Crippen molar-refractivity contribution in [3.8, 4) is 11.8 Å². The highest BCUT2D eigenvalue weighted by molar-refractivity contribution is 5.36. The smallest absolute Gasteiger partial charge is 0.140 e. The molecule has 0 amide bonds. The lowest BCUT2D eigenvalue weighted by molar-refractivity contribution is 0.238. The summed E-state index contributed by atoms with van der Waals surface area (Å²) in [7, 11) is 0. The number of halogens is 1. The first kappa shape index (κ1) is 11.4. The van der Waals surface area contributed by atoms with Gasteiger partial charge in [-0.1, -0.05) is 42.2 Å². The van der Waals surface area contributed by atoms with Gasteiger partial charge >= 0.3 is 0 Å². The highest BCUT2D eigenvalue weighted by Gasteiger charge is 2.02. The Labute approximate surface area is 99.5 Å². The van der Waals surface area contributed by atoms with Crippen LogP contribution in [0.15, 0.2) is 54.6 Å². The van der Waals surface area contributed by atoms with Crippen molar-refractivity contribution in [3.63, 3.8) is 0 Å². The van der Waals surface area contributed by atoms with Gasteiger partial charge in [-0.25, -0.2) is 4.39 Å². The quantitative estimate of drug-likeness (QED) is 0.741. The van der Waals surface area contributed by atoms with Gasteiger partial charge in [0.05, 0.1) is 0 Å². The van der Waals surface area contributed by atoms with Gasteiger partial charge in [-0.2, -0.15) is 0 Å². The van der Waals surface area contributed by atoms with Gasteiger partial charge in [0.1, 0.15) is 11.9 Å². The summed E-state index contributed by atoms with van der Waals surface area (Å²) < 4.78 is 12.7. The van der Waals surface area contributed by atoms with Gasteiger partial charge in [0.15, 0.2) is 0 Å². The molecule has 84 valence electrons. The lowest BCUT2D eigenvalue weighted by atomic mass is 10.1. The molecule has 0 aromatic heterocycles. The predicted molar refractivity (Wildman–Crippen MR) is 64.7 cm³/mol. The average Bonchev–Trinajstić information content (AvgIpc) is 2.38. The third kappa shape index (κ3) is 3.17. The van der Waals surface area contributed by atoms with Gasteiger partial charge in [0.25, 0.3) is 0 Å². The van der Waals surface area contributed by atoms with Crippen LogP contribution < -0.4 is 0 Å². The zero-order valence-electron chi connectivity index (χ0n) is 9.10. The molecule has 0 bridgehead atoms. The number of benzene rings is 2. The Morgan fingerprint density at radius 1 is 0.941 bits per heavy atom. The van der Waals surface area contributed by atoms with Gasteiger partial charge in [-0.05, 0) is 29.8 Å². The Morgan fingerprint density at radius 3 is 2.24 bits per heavy atom. The van der Waals surface area contributed by atoms with Crippen molar-refractivity contribution in [2.24, 2.45) is 0 Å². The summed E-state index contributed by atoms with van der Waals surface area (Å²) in [4.78, 5) is 0. The zero-order valence-corrected chi connectivity index (χ0v) is 9.10.